The maximum Gasteiger partial charge on any atom is 0.269 e. The number of benzene rings is 2. The van der Waals surface area contributed by atoms with Gasteiger partial charge in [-0.25, -0.2) is 0 Å². The number of hydrogen-bond acceptors (Lipinski definition) is 7. The van der Waals surface area contributed by atoms with Gasteiger partial charge in [0, 0.05) is 22.4 Å². The summed E-state index contributed by atoms with van der Waals surface area (Å²) >= 11 is 12.0. The number of methoxy groups -OCH3 is 1. The summed E-state index contributed by atoms with van der Waals surface area (Å²) in [6.07, 6.45) is 1.36. The Labute approximate surface area is 162 Å². The second-order valence-electron chi connectivity index (χ2n) is 5.25. The van der Waals surface area contributed by atoms with Crippen LogP contribution in [-0.2, 0) is 0 Å². The van der Waals surface area contributed by atoms with Crippen LogP contribution in [0.3, 0.4) is 0 Å². The van der Waals surface area contributed by atoms with Crippen LogP contribution in [0.15, 0.2) is 40.9 Å². The van der Waals surface area contributed by atoms with Crippen molar-refractivity contribution in [1.82, 2.24) is 10.1 Å². The number of nitrogens with zero attached hydrogens (tertiary/aromatic N) is 3. The van der Waals surface area contributed by atoms with E-state index in [1.807, 2.05) is 0 Å². The molecule has 0 aliphatic rings. The zero-order chi connectivity index (χ0) is 19.6. The van der Waals surface area contributed by atoms with E-state index in [0.717, 1.165) is 6.07 Å². The minimum Gasteiger partial charge on any atom is -0.865 e. The maximum absolute atomic E-state index is 11.9. The molecule has 0 aliphatic heterocycles. The van der Waals surface area contributed by atoms with Crippen molar-refractivity contribution in [2.24, 2.45) is 0 Å². The molecular formula is C17H10Cl2N3O5-. The van der Waals surface area contributed by atoms with Crippen LogP contribution < -0.4 is 9.84 Å². The second kappa shape index (κ2) is 7.65. The number of hydrogen-bond donors (Lipinski definition) is 0. The van der Waals surface area contributed by atoms with Crippen molar-refractivity contribution in [2.75, 3.05) is 7.11 Å². The van der Waals surface area contributed by atoms with Crippen LogP contribution in [0.1, 0.15) is 11.5 Å². The zero-order valence-electron chi connectivity index (χ0n) is 13.7. The van der Waals surface area contributed by atoms with Crippen LogP contribution in [0, 0.1) is 10.1 Å². The highest BCUT2D eigenvalue weighted by molar-refractivity contribution is 6.50. The molecule has 0 amide bonds. The largest absolute Gasteiger partial charge is 0.865 e. The van der Waals surface area contributed by atoms with Crippen LogP contribution in [0.4, 0.5) is 5.69 Å². The Bertz CT molecular complexity index is 1030. The van der Waals surface area contributed by atoms with Gasteiger partial charge in [-0.05, 0) is 42.0 Å². The van der Waals surface area contributed by atoms with Crippen molar-refractivity contribution < 1.29 is 19.3 Å². The van der Waals surface area contributed by atoms with Gasteiger partial charge >= 0.3 is 0 Å². The van der Waals surface area contributed by atoms with Gasteiger partial charge in [0.1, 0.15) is 10.8 Å². The standard InChI is InChI=1S/C17H11Cl2N3O5/c1-26-14-8-9(7-13(15(14)23)22(24)25)6-12(19)17-20-16(21-27-17)10-2-4-11(18)5-3-10/h2-8,23H,1H3/p-1/b12-6-. The quantitative estimate of drug-likeness (QED) is 0.462. The highest BCUT2D eigenvalue weighted by atomic mass is 35.5. The van der Waals surface area contributed by atoms with Gasteiger partial charge in [-0.3, -0.25) is 10.1 Å². The van der Waals surface area contributed by atoms with E-state index in [1.165, 1.54) is 19.3 Å². The summed E-state index contributed by atoms with van der Waals surface area (Å²) in [4.78, 5) is 14.4. The van der Waals surface area contributed by atoms with Gasteiger partial charge in [-0.2, -0.15) is 4.98 Å². The number of halogens is 2. The van der Waals surface area contributed by atoms with Gasteiger partial charge in [-0.1, -0.05) is 28.4 Å². The molecule has 0 fully saturated rings. The van der Waals surface area contributed by atoms with E-state index in [0.29, 0.717) is 16.4 Å². The van der Waals surface area contributed by atoms with Crippen molar-refractivity contribution in [1.29, 1.82) is 0 Å². The summed E-state index contributed by atoms with van der Waals surface area (Å²) in [5.41, 5.74) is 0.318. The van der Waals surface area contributed by atoms with Crippen molar-refractivity contribution in [3.05, 3.63) is 63.0 Å². The Morgan fingerprint density at radius 1 is 1.30 bits per heavy atom. The van der Waals surface area contributed by atoms with Crippen molar-refractivity contribution in [3.8, 4) is 22.9 Å². The molecule has 0 N–H and O–H groups in total. The van der Waals surface area contributed by atoms with Gasteiger partial charge in [0.15, 0.2) is 0 Å². The third-order valence-corrected chi connectivity index (χ3v) is 4.02. The first-order valence-corrected chi connectivity index (χ1v) is 8.15. The van der Waals surface area contributed by atoms with Crippen molar-refractivity contribution in [2.45, 2.75) is 0 Å². The molecular weight excluding hydrogens is 397 g/mol. The molecule has 8 nitrogen and oxygen atoms in total. The van der Waals surface area contributed by atoms with Gasteiger partial charge in [-0.15, -0.1) is 0 Å². The van der Waals surface area contributed by atoms with E-state index in [4.69, 9.17) is 32.5 Å². The lowest BCUT2D eigenvalue weighted by Gasteiger charge is -2.13. The summed E-state index contributed by atoms with van der Waals surface area (Å²) in [6, 6.07) is 9.21. The normalized spacial score (nSPS) is 11.4. The number of ether oxygens (including phenoxy) is 1. The van der Waals surface area contributed by atoms with E-state index in [9.17, 15) is 15.2 Å². The highest BCUT2D eigenvalue weighted by Crippen LogP contribution is 2.36. The van der Waals surface area contributed by atoms with E-state index in [-0.39, 0.29) is 22.2 Å². The molecule has 1 heterocycles. The maximum atomic E-state index is 11.9. The average molecular weight is 407 g/mol. The van der Waals surface area contributed by atoms with E-state index < -0.39 is 16.4 Å². The van der Waals surface area contributed by atoms with E-state index in [1.54, 1.807) is 24.3 Å². The Morgan fingerprint density at radius 2 is 2.00 bits per heavy atom. The number of nitro groups is 1. The summed E-state index contributed by atoms with van der Waals surface area (Å²) in [5.74, 6) is -0.688. The zero-order valence-corrected chi connectivity index (χ0v) is 15.2. The van der Waals surface area contributed by atoms with Gasteiger partial charge in [0.2, 0.25) is 5.82 Å². The third kappa shape index (κ3) is 4.02. The minimum absolute atomic E-state index is 0.00874. The first-order chi connectivity index (χ1) is 12.9. The fraction of sp³-hybridized carbons (Fsp3) is 0.0588. The monoisotopic (exact) mass is 406 g/mol. The van der Waals surface area contributed by atoms with Crippen LogP contribution in [0.5, 0.6) is 11.5 Å². The molecule has 138 valence electrons. The molecule has 10 heteroatoms. The van der Waals surface area contributed by atoms with Crippen LogP contribution in [-0.4, -0.2) is 22.2 Å². The first-order valence-electron chi connectivity index (χ1n) is 7.39. The number of rotatable bonds is 5. The molecule has 0 radical (unpaired) electrons. The molecule has 0 aliphatic carbocycles. The lowest BCUT2D eigenvalue weighted by molar-refractivity contribution is -0.398. The van der Waals surface area contributed by atoms with E-state index >= 15 is 0 Å². The van der Waals surface area contributed by atoms with Crippen molar-refractivity contribution in [3.63, 3.8) is 0 Å². The summed E-state index contributed by atoms with van der Waals surface area (Å²) in [6.45, 7) is 0. The molecule has 0 saturated heterocycles. The lowest BCUT2D eigenvalue weighted by Crippen LogP contribution is -2.01. The highest BCUT2D eigenvalue weighted by Gasteiger charge is 2.15. The molecule has 0 saturated carbocycles. The molecule has 27 heavy (non-hydrogen) atoms. The average Bonchev–Trinajstić information content (AvgIpc) is 3.13. The van der Waals surface area contributed by atoms with Crippen molar-refractivity contribution >= 4 is 40.0 Å². The Hall–Kier alpha value is -3.10. The molecule has 0 unspecified atom stereocenters. The van der Waals surface area contributed by atoms with Crippen LogP contribution in [0.25, 0.3) is 22.5 Å². The third-order valence-electron chi connectivity index (χ3n) is 3.50. The Balaban J connectivity index is 1.95. The predicted molar refractivity (Wildman–Crippen MR) is 97.6 cm³/mol. The molecule has 0 atom stereocenters. The summed E-state index contributed by atoms with van der Waals surface area (Å²) in [7, 11) is 1.24. The van der Waals surface area contributed by atoms with Crippen LogP contribution in [0.2, 0.25) is 5.02 Å². The number of nitro benzene ring substituents is 1. The minimum atomic E-state index is -0.821. The topological polar surface area (TPSA) is 114 Å². The molecule has 2 aromatic carbocycles. The second-order valence-corrected chi connectivity index (χ2v) is 6.09. The van der Waals surface area contributed by atoms with Gasteiger partial charge in [0.25, 0.3) is 11.6 Å². The molecule has 3 rings (SSSR count). The summed E-state index contributed by atoms with van der Waals surface area (Å²) in [5, 5.41) is 27.3. The smallest absolute Gasteiger partial charge is 0.269 e. The van der Waals surface area contributed by atoms with Gasteiger partial charge < -0.3 is 14.4 Å². The van der Waals surface area contributed by atoms with Crippen LogP contribution >= 0.6 is 23.2 Å². The Kier molecular flexibility index (Phi) is 5.29. The summed E-state index contributed by atoms with van der Waals surface area (Å²) < 4.78 is 10.0. The molecule has 1 aromatic heterocycles. The SMILES string of the molecule is COc1cc(/C=C(\Cl)c2nc(-c3ccc(Cl)cc3)no2)cc([N+](=O)[O-])c1[O-]. The Morgan fingerprint density at radius 3 is 2.63 bits per heavy atom. The number of aromatic nitrogens is 2. The van der Waals surface area contributed by atoms with E-state index in [2.05, 4.69) is 10.1 Å². The fourth-order valence-corrected chi connectivity index (χ4v) is 2.55. The lowest BCUT2D eigenvalue weighted by atomic mass is 10.1. The predicted octanol–water partition coefficient (Wildman–Crippen LogP) is 4.12. The fourth-order valence-electron chi connectivity index (χ4n) is 2.22. The molecule has 3 aromatic rings. The van der Waals surface area contributed by atoms with Gasteiger partial charge in [0.05, 0.1) is 12.0 Å². The first kappa shape index (κ1) is 18.7. The molecule has 0 spiro atoms. The molecule has 0 bridgehead atoms.